The van der Waals surface area contributed by atoms with Gasteiger partial charge in [0.1, 0.15) is 6.61 Å². The summed E-state index contributed by atoms with van der Waals surface area (Å²) in [5.41, 5.74) is -0.310. The fourth-order valence-electron chi connectivity index (χ4n) is 2.72. The van der Waals surface area contributed by atoms with Crippen LogP contribution in [0.3, 0.4) is 0 Å². The molecule has 0 amide bonds. The second-order valence-electron chi connectivity index (χ2n) is 7.05. The summed E-state index contributed by atoms with van der Waals surface area (Å²) >= 11 is 0. The number of rotatable bonds is 14. The van der Waals surface area contributed by atoms with Gasteiger partial charge in [-0.05, 0) is 24.1 Å². The number of halogens is 3. The van der Waals surface area contributed by atoms with Crippen molar-refractivity contribution in [3.8, 4) is 0 Å². The minimum Gasteiger partial charge on any atom is -0.466 e. The molecule has 1 aromatic rings. The van der Waals surface area contributed by atoms with Gasteiger partial charge in [-0.3, -0.25) is 9.59 Å². The average molecular weight is 416 g/mol. The Kier molecular flexibility index (Phi) is 12.1. The molecule has 0 spiro atoms. The molecule has 0 saturated carbocycles. The second-order valence-corrected chi connectivity index (χ2v) is 7.05. The number of hydrogen-bond donors (Lipinski definition) is 0. The largest absolute Gasteiger partial charge is 0.466 e. The van der Waals surface area contributed by atoms with Crippen molar-refractivity contribution in [1.82, 2.24) is 0 Å². The van der Waals surface area contributed by atoms with E-state index in [0.29, 0.717) is 12.2 Å². The third-order valence-corrected chi connectivity index (χ3v) is 4.48. The highest BCUT2D eigenvalue weighted by molar-refractivity contribution is 5.77. The zero-order valence-electron chi connectivity index (χ0n) is 17.1. The van der Waals surface area contributed by atoms with Crippen LogP contribution in [0, 0.1) is 0 Å². The highest BCUT2D eigenvalue weighted by Gasteiger charge is 2.29. The first-order chi connectivity index (χ1) is 13.8. The maximum atomic E-state index is 12.5. The molecule has 0 unspecified atom stereocenters. The van der Waals surface area contributed by atoms with Crippen LogP contribution >= 0.6 is 0 Å². The van der Waals surface area contributed by atoms with Gasteiger partial charge in [-0.2, -0.15) is 13.2 Å². The number of carbonyl (C=O) groups excluding carboxylic acids is 2. The van der Waals surface area contributed by atoms with E-state index in [9.17, 15) is 22.8 Å². The van der Waals surface area contributed by atoms with Gasteiger partial charge in [-0.25, -0.2) is 0 Å². The Morgan fingerprint density at radius 3 is 1.86 bits per heavy atom. The van der Waals surface area contributed by atoms with Crippen molar-refractivity contribution in [2.45, 2.75) is 83.9 Å². The van der Waals surface area contributed by atoms with Gasteiger partial charge in [0.05, 0.1) is 25.0 Å². The molecule has 0 saturated heterocycles. The Balaban J connectivity index is 2.07. The van der Waals surface area contributed by atoms with Gasteiger partial charge in [-0.1, -0.05) is 64.0 Å². The summed E-state index contributed by atoms with van der Waals surface area (Å²) in [6.45, 7) is 2.41. The molecule has 0 aromatic heterocycles. The Labute approximate surface area is 170 Å². The minimum atomic E-state index is -4.40. The van der Waals surface area contributed by atoms with Crippen molar-refractivity contribution >= 4 is 11.9 Å². The van der Waals surface area contributed by atoms with Crippen LogP contribution in [0.2, 0.25) is 0 Å². The van der Waals surface area contributed by atoms with E-state index in [1.54, 1.807) is 0 Å². The smallest absolute Gasteiger partial charge is 0.416 e. The van der Waals surface area contributed by atoms with Crippen LogP contribution in [0.5, 0.6) is 0 Å². The van der Waals surface area contributed by atoms with E-state index in [-0.39, 0.29) is 19.4 Å². The van der Waals surface area contributed by atoms with Crippen LogP contribution in [0.25, 0.3) is 0 Å². The summed E-state index contributed by atoms with van der Waals surface area (Å²) < 4.78 is 47.5. The van der Waals surface area contributed by atoms with Gasteiger partial charge in [0, 0.05) is 0 Å². The molecule has 0 aliphatic rings. The topological polar surface area (TPSA) is 52.6 Å². The quantitative estimate of drug-likeness (QED) is 0.267. The molecule has 0 aliphatic heterocycles. The van der Waals surface area contributed by atoms with Crippen molar-refractivity contribution in [3.63, 3.8) is 0 Å². The van der Waals surface area contributed by atoms with E-state index in [1.165, 1.54) is 44.2 Å². The van der Waals surface area contributed by atoms with E-state index >= 15 is 0 Å². The van der Waals surface area contributed by atoms with Crippen LogP contribution in [0.15, 0.2) is 24.3 Å². The number of carbonyl (C=O) groups is 2. The van der Waals surface area contributed by atoms with Crippen molar-refractivity contribution in [2.75, 3.05) is 6.61 Å². The first kappa shape index (κ1) is 25.0. The maximum Gasteiger partial charge on any atom is 0.416 e. The average Bonchev–Trinajstić information content (AvgIpc) is 2.69. The lowest BCUT2D eigenvalue weighted by atomic mass is 10.1. The summed E-state index contributed by atoms with van der Waals surface area (Å²) in [7, 11) is 0. The van der Waals surface area contributed by atoms with Gasteiger partial charge >= 0.3 is 18.1 Å². The molecule has 29 heavy (non-hydrogen) atoms. The van der Waals surface area contributed by atoms with Crippen LogP contribution in [0.4, 0.5) is 13.2 Å². The van der Waals surface area contributed by atoms with Gasteiger partial charge in [0.15, 0.2) is 0 Å². The van der Waals surface area contributed by atoms with E-state index in [2.05, 4.69) is 6.92 Å². The fourth-order valence-corrected chi connectivity index (χ4v) is 2.72. The molecule has 0 bridgehead atoms. The summed E-state index contributed by atoms with van der Waals surface area (Å²) in [4.78, 5) is 23.3. The van der Waals surface area contributed by atoms with Crippen molar-refractivity contribution < 1.29 is 32.2 Å². The molecular formula is C22H31F3O4. The lowest BCUT2D eigenvalue weighted by Crippen LogP contribution is -2.11. The number of alkyl halides is 3. The van der Waals surface area contributed by atoms with E-state index in [0.717, 1.165) is 31.4 Å². The summed E-state index contributed by atoms with van der Waals surface area (Å²) in [6, 6.07) is 4.39. The molecule has 0 aliphatic carbocycles. The molecule has 0 heterocycles. The number of benzene rings is 1. The van der Waals surface area contributed by atoms with Crippen molar-refractivity contribution in [3.05, 3.63) is 35.4 Å². The number of hydrogen-bond acceptors (Lipinski definition) is 4. The SMILES string of the molecule is CCCCCCCCCCOC(=O)CCC(=O)OCc1ccc(C(F)(F)F)cc1. The molecule has 0 fully saturated rings. The Morgan fingerprint density at radius 2 is 1.31 bits per heavy atom. The molecule has 0 atom stereocenters. The predicted molar refractivity (Wildman–Crippen MR) is 104 cm³/mol. The first-order valence-corrected chi connectivity index (χ1v) is 10.3. The molecule has 4 nitrogen and oxygen atoms in total. The van der Waals surface area contributed by atoms with E-state index in [1.807, 2.05) is 0 Å². The molecular weight excluding hydrogens is 385 g/mol. The molecule has 1 aromatic carbocycles. The highest BCUT2D eigenvalue weighted by Crippen LogP contribution is 2.29. The summed E-state index contributed by atoms with van der Waals surface area (Å²) in [6.07, 6.45) is 4.65. The van der Waals surface area contributed by atoms with Crippen molar-refractivity contribution in [1.29, 1.82) is 0 Å². The van der Waals surface area contributed by atoms with Crippen LogP contribution < -0.4 is 0 Å². The zero-order chi connectivity index (χ0) is 21.5. The third-order valence-electron chi connectivity index (χ3n) is 4.48. The molecule has 0 radical (unpaired) electrons. The Hall–Kier alpha value is -2.05. The maximum absolute atomic E-state index is 12.5. The van der Waals surface area contributed by atoms with Crippen molar-refractivity contribution in [2.24, 2.45) is 0 Å². The van der Waals surface area contributed by atoms with Gasteiger partial charge in [0.25, 0.3) is 0 Å². The van der Waals surface area contributed by atoms with Gasteiger partial charge in [-0.15, -0.1) is 0 Å². The third kappa shape index (κ3) is 12.2. The van der Waals surface area contributed by atoms with Crippen LogP contribution in [0.1, 0.15) is 82.3 Å². The summed E-state index contributed by atoms with van der Waals surface area (Å²) in [5.74, 6) is -1.03. The summed E-state index contributed by atoms with van der Waals surface area (Å²) in [5, 5.41) is 0. The predicted octanol–water partition coefficient (Wildman–Crippen LogP) is 6.21. The molecule has 1 rings (SSSR count). The van der Waals surface area contributed by atoms with Crippen LogP contribution in [-0.2, 0) is 31.8 Å². The van der Waals surface area contributed by atoms with Crippen LogP contribution in [-0.4, -0.2) is 18.5 Å². The number of ether oxygens (including phenoxy) is 2. The van der Waals surface area contributed by atoms with E-state index < -0.39 is 23.7 Å². The van der Waals surface area contributed by atoms with E-state index in [4.69, 9.17) is 9.47 Å². The minimum absolute atomic E-state index is 0.0666. The number of esters is 2. The van der Waals surface area contributed by atoms with Gasteiger partial charge in [0.2, 0.25) is 0 Å². The Morgan fingerprint density at radius 1 is 0.793 bits per heavy atom. The molecule has 7 heteroatoms. The standard InChI is InChI=1S/C22H31F3O4/c1-2-3-4-5-6-7-8-9-16-28-20(26)14-15-21(27)29-17-18-10-12-19(13-11-18)22(23,24)25/h10-13H,2-9,14-17H2,1H3. The first-order valence-electron chi connectivity index (χ1n) is 10.3. The molecule has 0 N–H and O–H groups in total. The van der Waals surface area contributed by atoms with Gasteiger partial charge < -0.3 is 9.47 Å². The molecule has 164 valence electrons. The highest BCUT2D eigenvalue weighted by atomic mass is 19.4. The fraction of sp³-hybridized carbons (Fsp3) is 0.636. The second kappa shape index (κ2) is 14.0. The zero-order valence-corrected chi connectivity index (χ0v) is 17.1. The number of unbranched alkanes of at least 4 members (excludes halogenated alkanes) is 7. The lowest BCUT2D eigenvalue weighted by molar-refractivity contribution is -0.151. The monoisotopic (exact) mass is 416 g/mol. The Bertz CT molecular complexity index is 597. The lowest BCUT2D eigenvalue weighted by Gasteiger charge is -2.08. The normalized spacial score (nSPS) is 11.3.